The van der Waals surface area contributed by atoms with Crippen molar-refractivity contribution in [2.75, 3.05) is 5.32 Å². The van der Waals surface area contributed by atoms with Crippen LogP contribution in [0.15, 0.2) is 12.3 Å². The highest BCUT2D eigenvalue weighted by Crippen LogP contribution is 2.31. The third-order valence-corrected chi connectivity index (χ3v) is 5.34. The maximum atomic E-state index is 12.2. The van der Waals surface area contributed by atoms with E-state index < -0.39 is 0 Å². The summed E-state index contributed by atoms with van der Waals surface area (Å²) in [4.78, 5) is 16.2. The summed E-state index contributed by atoms with van der Waals surface area (Å²) in [5.41, 5.74) is 0. The van der Waals surface area contributed by atoms with E-state index in [1.807, 2.05) is 6.92 Å². The molecule has 1 aliphatic rings. The molecule has 1 aliphatic carbocycles. The van der Waals surface area contributed by atoms with E-state index in [0.717, 1.165) is 0 Å². The minimum Gasteiger partial charge on any atom is -0.308 e. The highest BCUT2D eigenvalue weighted by molar-refractivity contribution is 8.01. The molecule has 1 aromatic heterocycles. The van der Waals surface area contributed by atoms with Crippen LogP contribution in [0.5, 0.6) is 0 Å². The number of anilines is 1. The largest absolute Gasteiger partial charge is 0.308 e. The lowest BCUT2D eigenvalue weighted by molar-refractivity contribution is -0.115. The second kappa shape index (κ2) is 7.53. The van der Waals surface area contributed by atoms with Crippen LogP contribution < -0.4 is 5.32 Å². The topological polar surface area (TPSA) is 42.0 Å². The zero-order valence-corrected chi connectivity index (χ0v) is 13.7. The van der Waals surface area contributed by atoms with Gasteiger partial charge in [0, 0.05) is 11.4 Å². The summed E-state index contributed by atoms with van der Waals surface area (Å²) >= 11 is 13.5. The van der Waals surface area contributed by atoms with Crippen LogP contribution in [0.1, 0.15) is 39.0 Å². The molecule has 1 aromatic rings. The molecule has 2 rings (SSSR count). The summed E-state index contributed by atoms with van der Waals surface area (Å²) in [6.07, 6.45) is 7.77. The molecule has 1 heterocycles. The van der Waals surface area contributed by atoms with Gasteiger partial charge in [0.15, 0.2) is 5.82 Å². The van der Waals surface area contributed by atoms with Gasteiger partial charge in [-0.15, -0.1) is 11.8 Å². The van der Waals surface area contributed by atoms with Crippen molar-refractivity contribution in [3.05, 3.63) is 22.3 Å². The number of aromatic nitrogens is 1. The first kappa shape index (κ1) is 15.9. The molecule has 1 N–H and O–H groups in total. The van der Waals surface area contributed by atoms with Crippen LogP contribution in [0.4, 0.5) is 5.82 Å². The summed E-state index contributed by atoms with van der Waals surface area (Å²) in [5.74, 6) is 0.314. The van der Waals surface area contributed by atoms with E-state index in [9.17, 15) is 4.79 Å². The molecule has 3 nitrogen and oxygen atoms in total. The fourth-order valence-electron chi connectivity index (χ4n) is 2.28. The van der Waals surface area contributed by atoms with Gasteiger partial charge in [-0.25, -0.2) is 4.98 Å². The van der Waals surface area contributed by atoms with Crippen LogP contribution in [0.3, 0.4) is 0 Å². The number of rotatable bonds is 4. The maximum Gasteiger partial charge on any atom is 0.238 e. The third kappa shape index (κ3) is 4.54. The molecule has 20 heavy (non-hydrogen) atoms. The van der Waals surface area contributed by atoms with Crippen LogP contribution in [0.25, 0.3) is 0 Å². The molecule has 1 saturated carbocycles. The molecular formula is C14H18Cl2N2OS. The monoisotopic (exact) mass is 332 g/mol. The van der Waals surface area contributed by atoms with E-state index in [1.54, 1.807) is 17.8 Å². The zero-order chi connectivity index (χ0) is 14.5. The van der Waals surface area contributed by atoms with E-state index in [-0.39, 0.29) is 11.2 Å². The number of hydrogen-bond donors (Lipinski definition) is 1. The van der Waals surface area contributed by atoms with Gasteiger partial charge in [0.2, 0.25) is 5.91 Å². The molecule has 1 unspecified atom stereocenters. The Morgan fingerprint density at radius 3 is 2.75 bits per heavy atom. The summed E-state index contributed by atoms with van der Waals surface area (Å²) in [7, 11) is 0. The number of carbonyl (C=O) groups is 1. The number of carbonyl (C=O) groups excluding carboxylic acids is 1. The summed E-state index contributed by atoms with van der Waals surface area (Å²) in [6.45, 7) is 1.93. The summed E-state index contributed by atoms with van der Waals surface area (Å²) in [5, 5.41) is 4.07. The van der Waals surface area contributed by atoms with Gasteiger partial charge in [0.25, 0.3) is 0 Å². The smallest absolute Gasteiger partial charge is 0.238 e. The number of hydrogen-bond acceptors (Lipinski definition) is 3. The highest BCUT2D eigenvalue weighted by atomic mass is 35.5. The van der Waals surface area contributed by atoms with Crippen LogP contribution in [0.2, 0.25) is 10.0 Å². The van der Waals surface area contributed by atoms with Gasteiger partial charge in [-0.1, -0.05) is 42.5 Å². The van der Waals surface area contributed by atoms with Gasteiger partial charge in [-0.3, -0.25) is 4.79 Å². The summed E-state index contributed by atoms with van der Waals surface area (Å²) in [6, 6.07) is 1.57. The number of nitrogens with one attached hydrogen (secondary N) is 1. The molecule has 0 aliphatic heterocycles. The number of amides is 1. The molecule has 0 radical (unpaired) electrons. The molecule has 1 fully saturated rings. The Morgan fingerprint density at radius 2 is 2.10 bits per heavy atom. The highest BCUT2D eigenvalue weighted by Gasteiger charge is 2.22. The Bertz CT molecular complexity index is 478. The maximum absolute atomic E-state index is 12.2. The van der Waals surface area contributed by atoms with E-state index in [1.165, 1.54) is 38.3 Å². The van der Waals surface area contributed by atoms with Crippen molar-refractivity contribution in [3.8, 4) is 0 Å². The molecule has 0 aromatic carbocycles. The molecule has 6 heteroatoms. The lowest BCUT2D eigenvalue weighted by Gasteiger charge is -2.23. The van der Waals surface area contributed by atoms with E-state index in [2.05, 4.69) is 10.3 Å². The van der Waals surface area contributed by atoms with Crippen molar-refractivity contribution < 1.29 is 4.79 Å². The Labute approximate surface area is 133 Å². The third-order valence-electron chi connectivity index (χ3n) is 3.37. The van der Waals surface area contributed by atoms with Gasteiger partial charge in [0.1, 0.15) is 0 Å². The van der Waals surface area contributed by atoms with Crippen molar-refractivity contribution in [1.82, 2.24) is 4.98 Å². The Kier molecular flexibility index (Phi) is 6.00. The first-order valence-electron chi connectivity index (χ1n) is 6.83. The second-order valence-corrected chi connectivity index (χ2v) is 7.50. The van der Waals surface area contributed by atoms with E-state index >= 15 is 0 Å². The van der Waals surface area contributed by atoms with Crippen molar-refractivity contribution in [3.63, 3.8) is 0 Å². The zero-order valence-electron chi connectivity index (χ0n) is 11.4. The lowest BCUT2D eigenvalue weighted by Crippen LogP contribution is -2.26. The fraction of sp³-hybridized carbons (Fsp3) is 0.571. The minimum atomic E-state index is -0.105. The normalized spacial score (nSPS) is 17.8. The number of pyridine rings is 1. The average molecular weight is 333 g/mol. The molecule has 110 valence electrons. The van der Waals surface area contributed by atoms with Gasteiger partial charge in [-0.2, -0.15) is 0 Å². The molecular weight excluding hydrogens is 315 g/mol. The molecule has 0 saturated heterocycles. The first-order valence-corrected chi connectivity index (χ1v) is 8.53. The fourth-order valence-corrected chi connectivity index (χ4v) is 4.07. The Hall–Kier alpha value is -0.450. The van der Waals surface area contributed by atoms with Gasteiger partial charge >= 0.3 is 0 Å². The predicted octanol–water partition coefficient (Wildman–Crippen LogP) is 4.78. The first-order chi connectivity index (χ1) is 9.56. The van der Waals surface area contributed by atoms with Gasteiger partial charge < -0.3 is 5.32 Å². The van der Waals surface area contributed by atoms with Crippen LogP contribution in [-0.4, -0.2) is 21.4 Å². The molecule has 0 bridgehead atoms. The van der Waals surface area contributed by atoms with Crippen molar-refractivity contribution in [2.24, 2.45) is 0 Å². The van der Waals surface area contributed by atoms with Gasteiger partial charge in [-0.05, 0) is 25.8 Å². The number of thioether (sulfide) groups is 1. The van der Waals surface area contributed by atoms with E-state index in [4.69, 9.17) is 23.2 Å². The predicted molar refractivity (Wildman–Crippen MR) is 86.8 cm³/mol. The Morgan fingerprint density at radius 1 is 1.40 bits per heavy atom. The van der Waals surface area contributed by atoms with Crippen LogP contribution in [-0.2, 0) is 4.79 Å². The van der Waals surface area contributed by atoms with Crippen molar-refractivity contribution in [1.29, 1.82) is 0 Å². The quantitative estimate of drug-likeness (QED) is 0.862. The minimum absolute atomic E-state index is 0.0581. The van der Waals surface area contributed by atoms with Gasteiger partial charge in [0.05, 0.1) is 15.3 Å². The SMILES string of the molecule is CC(SC1CCCCC1)C(=O)Nc1ncc(Cl)cc1Cl. The molecule has 1 atom stereocenters. The van der Waals surface area contributed by atoms with E-state index in [0.29, 0.717) is 21.1 Å². The number of halogens is 2. The Balaban J connectivity index is 1.89. The van der Waals surface area contributed by atoms with Crippen LogP contribution >= 0.6 is 35.0 Å². The van der Waals surface area contributed by atoms with Crippen LogP contribution in [0, 0.1) is 0 Å². The average Bonchev–Trinajstić information content (AvgIpc) is 2.43. The van der Waals surface area contributed by atoms with Crippen molar-refractivity contribution in [2.45, 2.75) is 49.5 Å². The molecule has 0 spiro atoms. The molecule has 1 amide bonds. The lowest BCUT2D eigenvalue weighted by atomic mass is 10.0. The summed E-state index contributed by atoms with van der Waals surface area (Å²) < 4.78 is 0. The standard InChI is InChI=1S/C14H18Cl2N2OS/c1-9(20-11-5-3-2-4-6-11)14(19)18-13-12(16)7-10(15)8-17-13/h7-9,11H,2-6H2,1H3,(H,17,18,19). The number of nitrogens with zero attached hydrogens (tertiary/aromatic N) is 1. The second-order valence-electron chi connectivity index (χ2n) is 5.01. The van der Waals surface area contributed by atoms with Crippen molar-refractivity contribution >= 4 is 46.7 Å².